The summed E-state index contributed by atoms with van der Waals surface area (Å²) < 4.78 is 44.3. The smallest absolute Gasteiger partial charge is 0.264 e. The average Bonchev–Trinajstić information content (AvgIpc) is 3.03. The summed E-state index contributed by atoms with van der Waals surface area (Å²) in [5.74, 6) is 0.356. The normalized spacial score (nSPS) is 13.7. The third-order valence-electron chi connectivity index (χ3n) is 6.90. The van der Waals surface area contributed by atoms with Gasteiger partial charge in [0.2, 0.25) is 0 Å². The van der Waals surface area contributed by atoms with Crippen LogP contribution in [0.3, 0.4) is 0 Å². The van der Waals surface area contributed by atoms with Crippen molar-refractivity contribution in [2.75, 3.05) is 31.7 Å². The van der Waals surface area contributed by atoms with Crippen LogP contribution < -0.4 is 29.3 Å². The molecule has 0 saturated heterocycles. The number of nitrogens with zero attached hydrogens (tertiary/aromatic N) is 2. The molecule has 0 unspecified atom stereocenters. The Kier molecular flexibility index (Phi) is 11.0. The van der Waals surface area contributed by atoms with E-state index in [1.54, 1.807) is 54.6 Å². The first-order chi connectivity index (χ1) is 20.8. The molecule has 2 amide bonds. The molecule has 0 aromatic heterocycles. The number of ether oxygens (including phenoxy) is 3. The predicted molar refractivity (Wildman–Crippen MR) is 163 cm³/mol. The highest BCUT2D eigenvalue weighted by Crippen LogP contribution is 2.32. The lowest BCUT2D eigenvalue weighted by Gasteiger charge is -2.24. The molecule has 0 bridgehead atoms. The number of amides is 2. The zero-order valence-corrected chi connectivity index (χ0v) is 25.0. The minimum absolute atomic E-state index is 0.0654. The molecule has 0 radical (unpaired) electrons. The summed E-state index contributed by atoms with van der Waals surface area (Å²) >= 11 is 0. The standard InChI is InChI=1S/C31H36N4O7S/c1-40-28-18-17-27(19-29(28)41-2)43(38,39)35(25-11-7-4-8-12-25)21-30(36)34-32-20-23-13-15-26(16-14-23)42-22-31(37)33-24-9-5-3-6-10-24/h4,7-8,11-20,24H,3,5-6,9-10,21-22H2,1-2H3,(H,33,37)(H,34,36)/b32-20-. The number of rotatable bonds is 13. The number of benzene rings is 3. The van der Waals surface area contributed by atoms with Gasteiger partial charge in [0.15, 0.2) is 18.1 Å². The van der Waals surface area contributed by atoms with Gasteiger partial charge in [0, 0.05) is 12.1 Å². The van der Waals surface area contributed by atoms with E-state index in [9.17, 15) is 18.0 Å². The molecule has 1 fully saturated rings. The monoisotopic (exact) mass is 608 g/mol. The van der Waals surface area contributed by atoms with E-state index in [-0.39, 0.29) is 29.2 Å². The largest absolute Gasteiger partial charge is 0.493 e. The van der Waals surface area contributed by atoms with Crippen LogP contribution >= 0.6 is 0 Å². The minimum Gasteiger partial charge on any atom is -0.493 e. The van der Waals surface area contributed by atoms with Crippen LogP contribution in [-0.2, 0) is 19.6 Å². The molecule has 3 aromatic carbocycles. The lowest BCUT2D eigenvalue weighted by molar-refractivity contribution is -0.124. The lowest BCUT2D eigenvalue weighted by Crippen LogP contribution is -2.39. The number of methoxy groups -OCH3 is 2. The fraction of sp³-hybridized carbons (Fsp3) is 0.323. The van der Waals surface area contributed by atoms with Crippen molar-refractivity contribution in [1.82, 2.24) is 10.7 Å². The van der Waals surface area contributed by atoms with Gasteiger partial charge in [-0.1, -0.05) is 37.5 Å². The number of para-hydroxylation sites is 1. The van der Waals surface area contributed by atoms with Crippen LogP contribution in [0.5, 0.6) is 17.2 Å². The van der Waals surface area contributed by atoms with Crippen LogP contribution in [0.4, 0.5) is 5.69 Å². The summed E-state index contributed by atoms with van der Waals surface area (Å²) in [6.07, 6.45) is 6.94. The van der Waals surface area contributed by atoms with E-state index in [4.69, 9.17) is 14.2 Å². The second-order valence-corrected chi connectivity index (χ2v) is 11.8. The Bertz CT molecular complexity index is 1510. The Morgan fingerprint density at radius 2 is 1.60 bits per heavy atom. The molecule has 0 spiro atoms. The van der Waals surface area contributed by atoms with Gasteiger partial charge < -0.3 is 19.5 Å². The number of sulfonamides is 1. The number of carbonyl (C=O) groups excluding carboxylic acids is 2. The number of hydrogen-bond donors (Lipinski definition) is 2. The Balaban J connectivity index is 1.36. The first kappa shape index (κ1) is 31.4. The Labute approximate surface area is 251 Å². The molecule has 12 heteroatoms. The Hall–Kier alpha value is -4.58. The molecular weight excluding hydrogens is 572 g/mol. The molecule has 2 N–H and O–H groups in total. The van der Waals surface area contributed by atoms with Crippen molar-refractivity contribution in [2.24, 2.45) is 5.10 Å². The van der Waals surface area contributed by atoms with Gasteiger partial charge >= 0.3 is 0 Å². The summed E-state index contributed by atoms with van der Waals surface area (Å²) in [5.41, 5.74) is 3.35. The van der Waals surface area contributed by atoms with Crippen molar-refractivity contribution in [2.45, 2.75) is 43.0 Å². The molecule has 43 heavy (non-hydrogen) atoms. The zero-order chi connectivity index (χ0) is 30.7. The van der Waals surface area contributed by atoms with Crippen LogP contribution in [0, 0.1) is 0 Å². The number of anilines is 1. The van der Waals surface area contributed by atoms with Crippen LogP contribution in [0.1, 0.15) is 37.7 Å². The molecule has 228 valence electrons. The van der Waals surface area contributed by atoms with Crippen molar-refractivity contribution < 1.29 is 32.2 Å². The SMILES string of the molecule is COc1ccc(S(=O)(=O)N(CC(=O)N/N=C\c2ccc(OCC(=O)NC3CCCCC3)cc2)c2ccccc2)cc1OC. The Morgan fingerprint density at radius 3 is 2.28 bits per heavy atom. The van der Waals surface area contributed by atoms with Gasteiger partial charge in [-0.3, -0.25) is 13.9 Å². The molecule has 0 heterocycles. The van der Waals surface area contributed by atoms with E-state index in [0.717, 1.165) is 30.0 Å². The van der Waals surface area contributed by atoms with Crippen molar-refractivity contribution in [3.63, 3.8) is 0 Å². The lowest BCUT2D eigenvalue weighted by atomic mass is 9.95. The summed E-state index contributed by atoms with van der Waals surface area (Å²) in [4.78, 5) is 24.9. The summed E-state index contributed by atoms with van der Waals surface area (Å²) in [6, 6.07) is 19.6. The quantitative estimate of drug-likeness (QED) is 0.222. The molecule has 1 saturated carbocycles. The van der Waals surface area contributed by atoms with E-state index >= 15 is 0 Å². The van der Waals surface area contributed by atoms with Crippen molar-refractivity contribution >= 4 is 33.7 Å². The molecule has 1 aliphatic carbocycles. The topological polar surface area (TPSA) is 136 Å². The molecule has 3 aromatic rings. The van der Waals surface area contributed by atoms with Crippen molar-refractivity contribution in [3.8, 4) is 17.2 Å². The summed E-state index contributed by atoms with van der Waals surface area (Å²) in [6.45, 7) is -0.585. The maximum absolute atomic E-state index is 13.6. The number of hydrazone groups is 1. The number of hydrogen-bond acceptors (Lipinski definition) is 8. The summed E-state index contributed by atoms with van der Waals surface area (Å²) in [5, 5.41) is 6.99. The highest BCUT2D eigenvalue weighted by atomic mass is 32.2. The van der Waals surface area contributed by atoms with E-state index in [2.05, 4.69) is 15.8 Å². The van der Waals surface area contributed by atoms with Gasteiger partial charge in [0.25, 0.3) is 21.8 Å². The van der Waals surface area contributed by atoms with Crippen molar-refractivity contribution in [1.29, 1.82) is 0 Å². The van der Waals surface area contributed by atoms with Crippen LogP contribution in [0.2, 0.25) is 0 Å². The predicted octanol–water partition coefficient (Wildman–Crippen LogP) is 3.88. The fourth-order valence-corrected chi connectivity index (χ4v) is 6.11. The highest BCUT2D eigenvalue weighted by molar-refractivity contribution is 7.92. The molecule has 4 rings (SSSR count). The van der Waals surface area contributed by atoms with Gasteiger partial charge in [-0.05, 0) is 66.9 Å². The van der Waals surface area contributed by atoms with Gasteiger partial charge in [0.05, 0.1) is 31.0 Å². The highest BCUT2D eigenvalue weighted by Gasteiger charge is 2.28. The van der Waals surface area contributed by atoms with Gasteiger partial charge in [-0.2, -0.15) is 5.10 Å². The van der Waals surface area contributed by atoms with Gasteiger partial charge in [0.1, 0.15) is 12.3 Å². The van der Waals surface area contributed by atoms with Crippen LogP contribution in [-0.4, -0.2) is 59.9 Å². The fourth-order valence-electron chi connectivity index (χ4n) is 4.67. The number of nitrogens with one attached hydrogen (secondary N) is 2. The first-order valence-electron chi connectivity index (χ1n) is 13.9. The van der Waals surface area contributed by atoms with Gasteiger partial charge in [-0.15, -0.1) is 0 Å². The zero-order valence-electron chi connectivity index (χ0n) is 24.2. The summed E-state index contributed by atoms with van der Waals surface area (Å²) in [7, 11) is -1.30. The third-order valence-corrected chi connectivity index (χ3v) is 8.67. The van der Waals surface area contributed by atoms with Gasteiger partial charge in [-0.25, -0.2) is 13.8 Å². The average molecular weight is 609 g/mol. The number of carbonyl (C=O) groups is 2. The first-order valence-corrected chi connectivity index (χ1v) is 15.4. The van der Waals surface area contributed by atoms with Crippen molar-refractivity contribution in [3.05, 3.63) is 78.4 Å². The van der Waals surface area contributed by atoms with Crippen LogP contribution in [0.15, 0.2) is 82.8 Å². The maximum atomic E-state index is 13.6. The van der Waals surface area contributed by atoms with E-state index < -0.39 is 22.5 Å². The second kappa shape index (κ2) is 15.1. The van der Waals surface area contributed by atoms with E-state index in [0.29, 0.717) is 22.7 Å². The minimum atomic E-state index is -4.17. The maximum Gasteiger partial charge on any atom is 0.264 e. The molecule has 11 nitrogen and oxygen atoms in total. The molecule has 0 aliphatic heterocycles. The molecule has 1 aliphatic rings. The van der Waals surface area contributed by atoms with E-state index in [1.807, 2.05) is 0 Å². The second-order valence-electron chi connectivity index (χ2n) is 9.92. The molecule has 0 atom stereocenters. The Morgan fingerprint density at radius 1 is 0.907 bits per heavy atom. The van der Waals surface area contributed by atoms with Crippen LogP contribution in [0.25, 0.3) is 0 Å². The third kappa shape index (κ3) is 8.71. The molecular formula is C31H36N4O7S. The van der Waals surface area contributed by atoms with E-state index in [1.165, 1.54) is 45.1 Å².